The molecule has 2 unspecified atom stereocenters. The number of amides is 1. The molecule has 0 aliphatic heterocycles. The summed E-state index contributed by atoms with van der Waals surface area (Å²) in [6, 6.07) is 3.02. The lowest BCUT2D eigenvalue weighted by Gasteiger charge is -2.15. The molecule has 86 valence electrons. The van der Waals surface area contributed by atoms with E-state index in [0.29, 0.717) is 6.42 Å². The predicted molar refractivity (Wildman–Crippen MR) is 61.4 cm³/mol. The maximum Gasteiger partial charge on any atom is 0.238 e. The van der Waals surface area contributed by atoms with Crippen molar-refractivity contribution in [3.8, 4) is 12.3 Å². The molecule has 0 aliphatic carbocycles. The first-order chi connectivity index (χ1) is 7.63. The SMILES string of the molecule is C#CCC(N)C(=O)NC(C)Cc1ccco1. The second kappa shape index (κ2) is 5.99. The zero-order chi connectivity index (χ0) is 12.0. The molecule has 1 aromatic heterocycles. The van der Waals surface area contributed by atoms with Crippen molar-refractivity contribution >= 4 is 5.91 Å². The Hall–Kier alpha value is -1.73. The largest absolute Gasteiger partial charge is 0.469 e. The van der Waals surface area contributed by atoms with Crippen LogP contribution in [0.1, 0.15) is 19.1 Å². The summed E-state index contributed by atoms with van der Waals surface area (Å²) in [5.41, 5.74) is 5.57. The molecule has 0 radical (unpaired) electrons. The summed E-state index contributed by atoms with van der Waals surface area (Å²) < 4.78 is 5.18. The normalized spacial score (nSPS) is 13.8. The van der Waals surface area contributed by atoms with Crippen molar-refractivity contribution in [2.75, 3.05) is 0 Å². The minimum absolute atomic E-state index is 0.0255. The van der Waals surface area contributed by atoms with Crippen LogP contribution < -0.4 is 11.1 Å². The van der Waals surface area contributed by atoms with Gasteiger partial charge in [0, 0.05) is 18.9 Å². The summed E-state index contributed by atoms with van der Waals surface area (Å²) in [4.78, 5) is 11.5. The fourth-order valence-corrected chi connectivity index (χ4v) is 1.35. The van der Waals surface area contributed by atoms with Crippen LogP contribution in [0.25, 0.3) is 0 Å². The molecule has 0 fully saturated rings. The number of furan rings is 1. The highest BCUT2D eigenvalue weighted by Crippen LogP contribution is 2.03. The first-order valence-corrected chi connectivity index (χ1v) is 5.15. The number of rotatable bonds is 5. The molecule has 16 heavy (non-hydrogen) atoms. The Labute approximate surface area is 95.2 Å². The van der Waals surface area contributed by atoms with Crippen LogP contribution >= 0.6 is 0 Å². The number of nitrogens with two attached hydrogens (primary N) is 1. The first-order valence-electron chi connectivity index (χ1n) is 5.15. The summed E-state index contributed by atoms with van der Waals surface area (Å²) in [6.45, 7) is 1.89. The molecule has 4 heteroatoms. The van der Waals surface area contributed by atoms with Crippen molar-refractivity contribution in [3.63, 3.8) is 0 Å². The van der Waals surface area contributed by atoms with Crippen molar-refractivity contribution in [2.24, 2.45) is 5.73 Å². The molecule has 0 spiro atoms. The molecule has 2 atom stereocenters. The van der Waals surface area contributed by atoms with Gasteiger partial charge in [0.2, 0.25) is 5.91 Å². The number of nitrogens with one attached hydrogen (secondary N) is 1. The molecule has 0 saturated carbocycles. The van der Waals surface area contributed by atoms with E-state index in [4.69, 9.17) is 16.6 Å². The van der Waals surface area contributed by atoms with Crippen LogP contribution in [0.5, 0.6) is 0 Å². The fraction of sp³-hybridized carbons (Fsp3) is 0.417. The summed E-state index contributed by atoms with van der Waals surface area (Å²) in [5.74, 6) is 2.97. The van der Waals surface area contributed by atoms with Gasteiger partial charge in [-0.05, 0) is 19.1 Å². The van der Waals surface area contributed by atoms with Crippen LogP contribution in [0.4, 0.5) is 0 Å². The predicted octanol–water partition coefficient (Wildman–Crippen LogP) is 0.677. The molecule has 0 aromatic carbocycles. The van der Waals surface area contributed by atoms with Crippen LogP contribution in [0.3, 0.4) is 0 Å². The molecule has 1 amide bonds. The highest BCUT2D eigenvalue weighted by molar-refractivity contribution is 5.82. The van der Waals surface area contributed by atoms with Gasteiger partial charge in [-0.3, -0.25) is 4.79 Å². The molecule has 0 bridgehead atoms. The standard InChI is InChI=1S/C12H16N2O2/c1-3-5-11(13)12(15)14-9(2)8-10-6-4-7-16-10/h1,4,6-7,9,11H,5,8,13H2,2H3,(H,14,15). The van der Waals surface area contributed by atoms with E-state index < -0.39 is 6.04 Å². The minimum atomic E-state index is -0.635. The Kier molecular flexibility index (Phi) is 4.62. The van der Waals surface area contributed by atoms with Crippen LogP contribution in [0, 0.1) is 12.3 Å². The topological polar surface area (TPSA) is 68.3 Å². The Balaban J connectivity index is 2.37. The lowest BCUT2D eigenvalue weighted by molar-refractivity contribution is -0.122. The van der Waals surface area contributed by atoms with E-state index in [0.717, 1.165) is 5.76 Å². The zero-order valence-electron chi connectivity index (χ0n) is 9.27. The van der Waals surface area contributed by atoms with Gasteiger partial charge in [-0.15, -0.1) is 12.3 Å². The molecule has 4 nitrogen and oxygen atoms in total. The van der Waals surface area contributed by atoms with Crippen molar-refractivity contribution < 1.29 is 9.21 Å². The average Bonchev–Trinajstić information content (AvgIpc) is 2.70. The van der Waals surface area contributed by atoms with E-state index in [9.17, 15) is 4.79 Å². The first kappa shape index (κ1) is 12.3. The van der Waals surface area contributed by atoms with E-state index >= 15 is 0 Å². The Morgan fingerprint density at radius 1 is 1.75 bits per heavy atom. The second-order valence-electron chi connectivity index (χ2n) is 3.71. The van der Waals surface area contributed by atoms with E-state index in [1.807, 2.05) is 19.1 Å². The van der Waals surface area contributed by atoms with Crippen molar-refractivity contribution in [3.05, 3.63) is 24.2 Å². The molecule has 1 aromatic rings. The van der Waals surface area contributed by atoms with Gasteiger partial charge in [-0.2, -0.15) is 0 Å². The van der Waals surface area contributed by atoms with E-state index in [1.165, 1.54) is 0 Å². The maximum absolute atomic E-state index is 11.5. The second-order valence-corrected chi connectivity index (χ2v) is 3.71. The molecule has 0 aliphatic rings. The minimum Gasteiger partial charge on any atom is -0.469 e. The Morgan fingerprint density at radius 3 is 3.06 bits per heavy atom. The zero-order valence-corrected chi connectivity index (χ0v) is 9.27. The number of hydrogen-bond acceptors (Lipinski definition) is 3. The Bertz CT molecular complexity index is 365. The van der Waals surface area contributed by atoms with Crippen LogP contribution in [0.15, 0.2) is 22.8 Å². The summed E-state index contributed by atoms with van der Waals surface area (Å²) in [7, 11) is 0. The van der Waals surface area contributed by atoms with Crippen LogP contribution in [-0.2, 0) is 11.2 Å². The molecule has 3 N–H and O–H groups in total. The van der Waals surface area contributed by atoms with Gasteiger partial charge in [-0.25, -0.2) is 0 Å². The van der Waals surface area contributed by atoms with Crippen molar-refractivity contribution in [2.45, 2.75) is 31.8 Å². The van der Waals surface area contributed by atoms with E-state index in [1.54, 1.807) is 6.26 Å². The highest BCUT2D eigenvalue weighted by atomic mass is 16.3. The van der Waals surface area contributed by atoms with Crippen LogP contribution in [0.2, 0.25) is 0 Å². The van der Waals surface area contributed by atoms with Gasteiger partial charge < -0.3 is 15.5 Å². The molecule has 1 rings (SSSR count). The maximum atomic E-state index is 11.5. The number of carbonyl (C=O) groups is 1. The highest BCUT2D eigenvalue weighted by Gasteiger charge is 2.15. The van der Waals surface area contributed by atoms with Gasteiger partial charge in [0.25, 0.3) is 0 Å². The van der Waals surface area contributed by atoms with Gasteiger partial charge in [0.05, 0.1) is 12.3 Å². The van der Waals surface area contributed by atoms with Gasteiger partial charge in [-0.1, -0.05) is 0 Å². The van der Waals surface area contributed by atoms with Gasteiger partial charge in [0.15, 0.2) is 0 Å². The Morgan fingerprint density at radius 2 is 2.50 bits per heavy atom. The van der Waals surface area contributed by atoms with Gasteiger partial charge >= 0.3 is 0 Å². The summed E-state index contributed by atoms with van der Waals surface area (Å²) >= 11 is 0. The molecular formula is C12H16N2O2. The third-order valence-corrected chi connectivity index (χ3v) is 2.15. The number of carbonyl (C=O) groups excluding carboxylic acids is 1. The van der Waals surface area contributed by atoms with E-state index in [-0.39, 0.29) is 18.4 Å². The lowest BCUT2D eigenvalue weighted by atomic mass is 10.1. The van der Waals surface area contributed by atoms with E-state index in [2.05, 4.69) is 11.2 Å². The van der Waals surface area contributed by atoms with Gasteiger partial charge in [0.1, 0.15) is 5.76 Å². The fourth-order valence-electron chi connectivity index (χ4n) is 1.35. The third kappa shape index (κ3) is 3.79. The lowest BCUT2D eigenvalue weighted by Crippen LogP contribution is -2.44. The van der Waals surface area contributed by atoms with Crippen LogP contribution in [-0.4, -0.2) is 18.0 Å². The molecule has 1 heterocycles. The van der Waals surface area contributed by atoms with Crippen molar-refractivity contribution in [1.29, 1.82) is 0 Å². The average molecular weight is 220 g/mol. The van der Waals surface area contributed by atoms with Crippen molar-refractivity contribution in [1.82, 2.24) is 5.32 Å². The smallest absolute Gasteiger partial charge is 0.238 e. The molecule has 0 saturated heterocycles. The summed E-state index contributed by atoms with van der Waals surface area (Å²) in [6.07, 6.45) is 7.58. The molecular weight excluding hydrogens is 204 g/mol. The number of hydrogen-bond donors (Lipinski definition) is 2. The third-order valence-electron chi connectivity index (χ3n) is 2.15. The quantitative estimate of drug-likeness (QED) is 0.717. The summed E-state index contributed by atoms with van der Waals surface area (Å²) in [5, 5.41) is 2.78. The number of terminal acetylenes is 1. The monoisotopic (exact) mass is 220 g/mol.